The molecule has 2 unspecified atom stereocenters. The molecule has 0 aromatic rings. The standard InChI is InChI=1S/C14H21N5O2/c1-10(20)19(18-7-3-2-4-8-18)14(21)13-11-9-15-6-5-12(11)16-17-13/h6,11-12,16H,2-5,7-9H2,1H3. The van der Waals surface area contributed by atoms with E-state index < -0.39 is 0 Å². The van der Waals surface area contributed by atoms with Gasteiger partial charge in [-0.15, -0.1) is 0 Å². The summed E-state index contributed by atoms with van der Waals surface area (Å²) in [5, 5.41) is 7.33. The van der Waals surface area contributed by atoms with Gasteiger partial charge in [-0.05, 0) is 12.8 Å². The first-order chi connectivity index (χ1) is 10.2. The minimum Gasteiger partial charge on any atom is -0.305 e. The second-order valence-corrected chi connectivity index (χ2v) is 5.77. The monoisotopic (exact) mass is 291 g/mol. The van der Waals surface area contributed by atoms with E-state index in [1.165, 1.54) is 11.9 Å². The van der Waals surface area contributed by atoms with Gasteiger partial charge in [0.05, 0.1) is 12.0 Å². The Bertz CT molecular complexity index is 496. The molecule has 0 saturated carbocycles. The first-order valence-electron chi connectivity index (χ1n) is 7.59. The number of hydrazone groups is 1. The summed E-state index contributed by atoms with van der Waals surface area (Å²) in [7, 11) is 0. The van der Waals surface area contributed by atoms with E-state index in [0.29, 0.717) is 12.3 Å². The van der Waals surface area contributed by atoms with E-state index >= 15 is 0 Å². The zero-order valence-electron chi connectivity index (χ0n) is 12.3. The lowest BCUT2D eigenvalue weighted by Crippen LogP contribution is -2.54. The largest absolute Gasteiger partial charge is 0.305 e. The molecule has 0 spiro atoms. The van der Waals surface area contributed by atoms with Gasteiger partial charge in [-0.25, -0.2) is 10.0 Å². The first-order valence-corrected chi connectivity index (χ1v) is 7.59. The number of amides is 2. The average Bonchev–Trinajstić information content (AvgIpc) is 2.92. The number of imide groups is 1. The van der Waals surface area contributed by atoms with E-state index in [1.54, 1.807) is 0 Å². The number of nitrogens with one attached hydrogen (secondary N) is 1. The van der Waals surface area contributed by atoms with Crippen molar-refractivity contribution in [1.82, 2.24) is 15.4 Å². The molecule has 7 heteroatoms. The number of aliphatic imine (C=N–C) groups is 1. The normalized spacial score (nSPS) is 28.5. The second-order valence-electron chi connectivity index (χ2n) is 5.77. The number of hydrazine groups is 1. The molecule has 0 aliphatic carbocycles. The summed E-state index contributed by atoms with van der Waals surface area (Å²) in [4.78, 5) is 29.0. The molecule has 0 aromatic carbocycles. The molecular formula is C14H21N5O2. The van der Waals surface area contributed by atoms with E-state index in [1.807, 2.05) is 11.2 Å². The number of piperidine rings is 1. The van der Waals surface area contributed by atoms with E-state index in [0.717, 1.165) is 38.8 Å². The van der Waals surface area contributed by atoms with E-state index in [4.69, 9.17) is 0 Å². The molecule has 7 nitrogen and oxygen atoms in total. The lowest BCUT2D eigenvalue weighted by atomic mass is 9.91. The summed E-state index contributed by atoms with van der Waals surface area (Å²) in [6.45, 7) is 3.50. The SMILES string of the molecule is CC(=O)N(C(=O)C1=NNC2CC=NCC12)N1CCCCC1. The third kappa shape index (κ3) is 2.70. The Balaban J connectivity index is 1.78. The van der Waals surface area contributed by atoms with Crippen LogP contribution in [0, 0.1) is 5.92 Å². The number of nitrogens with zero attached hydrogens (tertiary/aromatic N) is 4. The lowest BCUT2D eigenvalue weighted by Gasteiger charge is -2.35. The van der Waals surface area contributed by atoms with Crippen molar-refractivity contribution < 1.29 is 9.59 Å². The van der Waals surface area contributed by atoms with Crippen LogP contribution in [-0.2, 0) is 9.59 Å². The molecule has 114 valence electrons. The van der Waals surface area contributed by atoms with Crippen LogP contribution in [0.2, 0.25) is 0 Å². The molecule has 0 aromatic heterocycles. The minimum absolute atomic E-state index is 0.0193. The van der Waals surface area contributed by atoms with Crippen molar-refractivity contribution in [3.63, 3.8) is 0 Å². The van der Waals surface area contributed by atoms with Crippen LogP contribution in [-0.4, -0.2) is 59.4 Å². The van der Waals surface area contributed by atoms with Crippen molar-refractivity contribution in [3.05, 3.63) is 0 Å². The summed E-state index contributed by atoms with van der Waals surface area (Å²) < 4.78 is 0. The number of rotatable bonds is 2. The topological polar surface area (TPSA) is 77.4 Å². The van der Waals surface area contributed by atoms with Crippen molar-refractivity contribution in [3.8, 4) is 0 Å². The second kappa shape index (κ2) is 5.93. The van der Waals surface area contributed by atoms with Crippen LogP contribution in [0.5, 0.6) is 0 Å². The van der Waals surface area contributed by atoms with Crippen molar-refractivity contribution >= 4 is 23.7 Å². The highest BCUT2D eigenvalue weighted by Gasteiger charge is 2.40. The average molecular weight is 291 g/mol. The van der Waals surface area contributed by atoms with Crippen LogP contribution in [0.3, 0.4) is 0 Å². The van der Waals surface area contributed by atoms with Gasteiger partial charge in [0.25, 0.3) is 5.91 Å². The Kier molecular flexibility index (Phi) is 4.01. The van der Waals surface area contributed by atoms with Gasteiger partial charge in [-0.3, -0.25) is 14.6 Å². The Morgan fingerprint density at radius 1 is 1.33 bits per heavy atom. The third-order valence-electron chi connectivity index (χ3n) is 4.30. The van der Waals surface area contributed by atoms with E-state index in [2.05, 4.69) is 15.5 Å². The molecular weight excluding hydrogens is 270 g/mol. The molecule has 0 radical (unpaired) electrons. The molecule has 3 rings (SSSR count). The summed E-state index contributed by atoms with van der Waals surface area (Å²) in [6, 6.07) is 0.136. The van der Waals surface area contributed by atoms with Gasteiger partial charge in [0.1, 0.15) is 5.71 Å². The van der Waals surface area contributed by atoms with Crippen molar-refractivity contribution in [2.75, 3.05) is 19.6 Å². The molecule has 3 aliphatic heterocycles. The van der Waals surface area contributed by atoms with Gasteiger partial charge in [0.15, 0.2) is 0 Å². The van der Waals surface area contributed by atoms with Crippen molar-refractivity contribution in [2.45, 2.75) is 38.6 Å². The smallest absolute Gasteiger partial charge is 0.291 e. The fourth-order valence-electron chi connectivity index (χ4n) is 3.19. The Morgan fingerprint density at radius 2 is 2.10 bits per heavy atom. The fourth-order valence-corrected chi connectivity index (χ4v) is 3.19. The molecule has 1 fully saturated rings. The number of hydrogen-bond acceptors (Lipinski definition) is 6. The zero-order valence-corrected chi connectivity index (χ0v) is 12.3. The molecule has 0 bridgehead atoms. The number of carbonyl (C=O) groups excluding carboxylic acids is 2. The molecule has 1 N–H and O–H groups in total. The predicted molar refractivity (Wildman–Crippen MR) is 78.8 cm³/mol. The molecule has 3 heterocycles. The van der Waals surface area contributed by atoms with Crippen LogP contribution < -0.4 is 5.43 Å². The Labute approximate surface area is 124 Å². The summed E-state index contributed by atoms with van der Waals surface area (Å²) in [6.07, 6.45) is 5.81. The van der Waals surface area contributed by atoms with Crippen molar-refractivity contribution in [1.29, 1.82) is 0 Å². The van der Waals surface area contributed by atoms with Crippen LogP contribution >= 0.6 is 0 Å². The van der Waals surface area contributed by atoms with Gasteiger partial charge >= 0.3 is 0 Å². The van der Waals surface area contributed by atoms with Crippen LogP contribution in [0.25, 0.3) is 0 Å². The highest BCUT2D eigenvalue weighted by molar-refractivity contribution is 6.42. The van der Waals surface area contributed by atoms with Crippen molar-refractivity contribution in [2.24, 2.45) is 16.0 Å². The number of fused-ring (bicyclic) bond motifs is 1. The highest BCUT2D eigenvalue weighted by Crippen LogP contribution is 2.22. The maximum Gasteiger partial charge on any atom is 0.291 e. The zero-order chi connectivity index (χ0) is 14.8. The fraction of sp³-hybridized carbons (Fsp3) is 0.714. The molecule has 2 atom stereocenters. The summed E-state index contributed by atoms with van der Waals surface area (Å²) in [5.74, 6) is -0.553. The van der Waals surface area contributed by atoms with Gasteiger partial charge < -0.3 is 5.43 Å². The van der Waals surface area contributed by atoms with Gasteiger partial charge in [0.2, 0.25) is 5.91 Å². The third-order valence-corrected chi connectivity index (χ3v) is 4.30. The maximum absolute atomic E-state index is 12.8. The van der Waals surface area contributed by atoms with E-state index in [-0.39, 0.29) is 23.8 Å². The molecule has 2 amide bonds. The van der Waals surface area contributed by atoms with Gasteiger partial charge in [-0.2, -0.15) is 5.10 Å². The Morgan fingerprint density at radius 3 is 2.81 bits per heavy atom. The lowest BCUT2D eigenvalue weighted by molar-refractivity contribution is -0.160. The first kappa shape index (κ1) is 14.2. The maximum atomic E-state index is 12.8. The quantitative estimate of drug-likeness (QED) is 0.787. The molecule has 3 aliphatic rings. The van der Waals surface area contributed by atoms with Crippen LogP contribution in [0.15, 0.2) is 10.1 Å². The Hall–Kier alpha value is -1.76. The van der Waals surface area contributed by atoms with Gasteiger partial charge in [-0.1, -0.05) is 6.42 Å². The summed E-state index contributed by atoms with van der Waals surface area (Å²) >= 11 is 0. The van der Waals surface area contributed by atoms with Gasteiger partial charge in [0, 0.05) is 39.2 Å². The highest BCUT2D eigenvalue weighted by atomic mass is 16.2. The van der Waals surface area contributed by atoms with Crippen LogP contribution in [0.4, 0.5) is 0 Å². The minimum atomic E-state index is -0.290. The predicted octanol–water partition coefficient (Wildman–Crippen LogP) is 0.181. The summed E-state index contributed by atoms with van der Waals surface area (Å²) in [5.41, 5.74) is 3.45. The molecule has 21 heavy (non-hydrogen) atoms. The van der Waals surface area contributed by atoms with E-state index in [9.17, 15) is 9.59 Å². The molecule has 1 saturated heterocycles. The number of hydrogen-bond donors (Lipinski definition) is 1. The number of carbonyl (C=O) groups is 2. The van der Waals surface area contributed by atoms with Crippen LogP contribution in [0.1, 0.15) is 32.6 Å².